The van der Waals surface area contributed by atoms with Gasteiger partial charge in [0.25, 0.3) is 5.91 Å². The van der Waals surface area contributed by atoms with E-state index in [-0.39, 0.29) is 5.91 Å². The summed E-state index contributed by atoms with van der Waals surface area (Å²) in [5, 5.41) is 4.36. The van der Waals surface area contributed by atoms with Crippen LogP contribution in [0.2, 0.25) is 0 Å². The second kappa shape index (κ2) is 7.49. The van der Waals surface area contributed by atoms with Gasteiger partial charge in [0.05, 0.1) is 4.47 Å². The summed E-state index contributed by atoms with van der Waals surface area (Å²) in [6.45, 7) is 9.11. The lowest BCUT2D eigenvalue weighted by Gasteiger charge is -2.34. The van der Waals surface area contributed by atoms with Gasteiger partial charge in [0, 0.05) is 45.5 Å². The standard InChI is InChI=1S/C18H23BrN4O/c1-3-23-13-16(19)17(20-23)18(24)22-9-7-21(8-10-22)12-15-6-4-5-14(2)11-15/h4-6,11,13H,3,7-10,12H2,1-2H3. The molecule has 1 aliphatic rings. The van der Waals surface area contributed by atoms with Crippen LogP contribution in [0, 0.1) is 6.92 Å². The highest BCUT2D eigenvalue weighted by atomic mass is 79.9. The molecule has 0 atom stereocenters. The first kappa shape index (κ1) is 17.2. The number of hydrogen-bond donors (Lipinski definition) is 0. The van der Waals surface area contributed by atoms with Crippen LogP contribution in [0.25, 0.3) is 0 Å². The van der Waals surface area contributed by atoms with Crippen molar-refractivity contribution in [1.82, 2.24) is 19.6 Å². The van der Waals surface area contributed by atoms with Crippen LogP contribution in [0.15, 0.2) is 34.9 Å². The van der Waals surface area contributed by atoms with Crippen molar-refractivity contribution in [2.24, 2.45) is 0 Å². The molecule has 0 aliphatic carbocycles. The summed E-state index contributed by atoms with van der Waals surface area (Å²) in [4.78, 5) is 17.0. The van der Waals surface area contributed by atoms with Gasteiger partial charge in [-0.3, -0.25) is 14.4 Å². The minimum Gasteiger partial charge on any atom is -0.335 e. The second-order valence-electron chi connectivity index (χ2n) is 6.24. The Morgan fingerprint density at radius 1 is 1.25 bits per heavy atom. The fourth-order valence-electron chi connectivity index (χ4n) is 3.03. The third kappa shape index (κ3) is 3.87. The minimum atomic E-state index is 0.0179. The van der Waals surface area contributed by atoms with Crippen molar-refractivity contribution in [2.45, 2.75) is 26.9 Å². The normalized spacial score (nSPS) is 15.7. The number of nitrogens with zero attached hydrogens (tertiary/aromatic N) is 4. The average Bonchev–Trinajstić information content (AvgIpc) is 2.96. The van der Waals surface area contributed by atoms with Gasteiger partial charge in [-0.25, -0.2) is 0 Å². The largest absolute Gasteiger partial charge is 0.335 e. The van der Waals surface area contributed by atoms with E-state index in [0.717, 1.165) is 43.7 Å². The molecule has 0 unspecified atom stereocenters. The Balaban J connectivity index is 1.58. The molecule has 2 heterocycles. The molecule has 0 bridgehead atoms. The highest BCUT2D eigenvalue weighted by molar-refractivity contribution is 9.10. The predicted molar refractivity (Wildman–Crippen MR) is 98.0 cm³/mol. The zero-order valence-electron chi connectivity index (χ0n) is 14.2. The number of halogens is 1. The molecule has 5 nitrogen and oxygen atoms in total. The molecule has 1 fully saturated rings. The second-order valence-corrected chi connectivity index (χ2v) is 7.09. The molecule has 1 saturated heterocycles. The maximum atomic E-state index is 12.7. The molecule has 0 saturated carbocycles. The van der Waals surface area contributed by atoms with Crippen LogP contribution in [0.3, 0.4) is 0 Å². The number of aromatic nitrogens is 2. The average molecular weight is 391 g/mol. The number of carbonyl (C=O) groups is 1. The van der Waals surface area contributed by atoms with E-state index < -0.39 is 0 Å². The monoisotopic (exact) mass is 390 g/mol. The van der Waals surface area contributed by atoms with Crippen molar-refractivity contribution in [3.05, 3.63) is 51.8 Å². The van der Waals surface area contributed by atoms with E-state index >= 15 is 0 Å². The van der Waals surface area contributed by atoms with Crippen LogP contribution >= 0.6 is 15.9 Å². The number of amides is 1. The van der Waals surface area contributed by atoms with Gasteiger partial charge in [-0.05, 0) is 35.3 Å². The first-order chi connectivity index (χ1) is 11.6. The molecule has 2 aromatic rings. The zero-order valence-corrected chi connectivity index (χ0v) is 15.8. The van der Waals surface area contributed by atoms with E-state index in [1.807, 2.05) is 18.0 Å². The SMILES string of the molecule is CCn1cc(Br)c(C(=O)N2CCN(Cc3cccc(C)c3)CC2)n1. The van der Waals surface area contributed by atoms with Gasteiger partial charge in [-0.1, -0.05) is 29.8 Å². The van der Waals surface area contributed by atoms with Crippen molar-refractivity contribution < 1.29 is 4.79 Å². The van der Waals surface area contributed by atoms with Gasteiger partial charge in [-0.2, -0.15) is 5.10 Å². The molecule has 128 valence electrons. The molecule has 0 N–H and O–H groups in total. The van der Waals surface area contributed by atoms with E-state index in [2.05, 4.69) is 57.1 Å². The summed E-state index contributed by atoms with van der Waals surface area (Å²) in [5.74, 6) is 0.0179. The Kier molecular flexibility index (Phi) is 5.36. The van der Waals surface area contributed by atoms with E-state index in [1.54, 1.807) is 4.68 Å². The van der Waals surface area contributed by atoms with E-state index in [4.69, 9.17) is 0 Å². The molecule has 24 heavy (non-hydrogen) atoms. The van der Waals surface area contributed by atoms with Crippen LogP contribution in [-0.4, -0.2) is 51.7 Å². The minimum absolute atomic E-state index is 0.0179. The van der Waals surface area contributed by atoms with Gasteiger partial charge in [-0.15, -0.1) is 0 Å². The van der Waals surface area contributed by atoms with Crippen LogP contribution in [0.4, 0.5) is 0 Å². The molecule has 3 rings (SSSR count). The quantitative estimate of drug-likeness (QED) is 0.805. The topological polar surface area (TPSA) is 41.4 Å². The predicted octanol–water partition coefficient (Wildman–Crippen LogP) is 2.93. The van der Waals surface area contributed by atoms with Gasteiger partial charge in [0.2, 0.25) is 0 Å². The fourth-order valence-corrected chi connectivity index (χ4v) is 3.52. The first-order valence-corrected chi connectivity index (χ1v) is 9.16. The first-order valence-electron chi connectivity index (χ1n) is 8.37. The summed E-state index contributed by atoms with van der Waals surface area (Å²) < 4.78 is 2.56. The van der Waals surface area contributed by atoms with Crippen molar-refractivity contribution in [3.63, 3.8) is 0 Å². The third-order valence-corrected chi connectivity index (χ3v) is 4.97. The van der Waals surface area contributed by atoms with Crippen molar-refractivity contribution in [3.8, 4) is 0 Å². The maximum absolute atomic E-state index is 12.7. The lowest BCUT2D eigenvalue weighted by Crippen LogP contribution is -2.48. The number of aryl methyl sites for hydroxylation is 2. The van der Waals surface area contributed by atoms with Crippen LogP contribution in [-0.2, 0) is 13.1 Å². The molecule has 0 spiro atoms. The maximum Gasteiger partial charge on any atom is 0.275 e. The zero-order chi connectivity index (χ0) is 17.1. The highest BCUT2D eigenvalue weighted by Crippen LogP contribution is 2.18. The molecular weight excluding hydrogens is 368 g/mol. The van der Waals surface area contributed by atoms with Gasteiger partial charge in [0.15, 0.2) is 5.69 Å². The van der Waals surface area contributed by atoms with Crippen molar-refractivity contribution in [1.29, 1.82) is 0 Å². The lowest BCUT2D eigenvalue weighted by atomic mass is 10.1. The lowest BCUT2D eigenvalue weighted by molar-refractivity contribution is 0.0621. The van der Waals surface area contributed by atoms with Crippen LogP contribution in [0.5, 0.6) is 0 Å². The smallest absolute Gasteiger partial charge is 0.275 e. The molecule has 1 aromatic carbocycles. The summed E-state index contributed by atoms with van der Waals surface area (Å²) >= 11 is 3.45. The Morgan fingerprint density at radius 2 is 2.00 bits per heavy atom. The molecule has 1 amide bonds. The number of hydrogen-bond acceptors (Lipinski definition) is 3. The van der Waals surface area contributed by atoms with Crippen LogP contribution in [0.1, 0.15) is 28.5 Å². The summed E-state index contributed by atoms with van der Waals surface area (Å²) in [7, 11) is 0. The fraction of sp³-hybridized carbons (Fsp3) is 0.444. The third-order valence-electron chi connectivity index (χ3n) is 4.39. The molecule has 1 aliphatic heterocycles. The Morgan fingerprint density at radius 3 is 2.62 bits per heavy atom. The molecule has 1 aromatic heterocycles. The Hall–Kier alpha value is -1.66. The summed E-state index contributed by atoms with van der Waals surface area (Å²) in [6.07, 6.45) is 1.86. The number of carbonyl (C=O) groups excluding carboxylic acids is 1. The molecular formula is C18H23BrN4O. The number of piperazine rings is 1. The number of benzene rings is 1. The van der Waals surface area contributed by atoms with Gasteiger partial charge >= 0.3 is 0 Å². The number of rotatable bonds is 4. The van der Waals surface area contributed by atoms with Gasteiger partial charge in [0.1, 0.15) is 0 Å². The summed E-state index contributed by atoms with van der Waals surface area (Å²) in [6, 6.07) is 8.62. The van der Waals surface area contributed by atoms with Crippen molar-refractivity contribution in [2.75, 3.05) is 26.2 Å². The van der Waals surface area contributed by atoms with Gasteiger partial charge < -0.3 is 4.90 Å². The Labute approximate surface area is 151 Å². The molecule has 0 radical (unpaired) electrons. The highest BCUT2D eigenvalue weighted by Gasteiger charge is 2.25. The van der Waals surface area contributed by atoms with E-state index in [9.17, 15) is 4.79 Å². The van der Waals surface area contributed by atoms with Crippen LogP contribution < -0.4 is 0 Å². The molecule has 6 heteroatoms. The Bertz CT molecular complexity index is 720. The van der Waals surface area contributed by atoms with E-state index in [1.165, 1.54) is 11.1 Å². The van der Waals surface area contributed by atoms with E-state index in [0.29, 0.717) is 5.69 Å². The summed E-state index contributed by atoms with van der Waals surface area (Å²) in [5.41, 5.74) is 3.14. The van der Waals surface area contributed by atoms with Crippen molar-refractivity contribution >= 4 is 21.8 Å².